The normalized spacial score (nSPS) is 17.8. The summed E-state index contributed by atoms with van der Waals surface area (Å²) in [6.45, 7) is 3.66. The van der Waals surface area contributed by atoms with Crippen LogP contribution in [-0.2, 0) is 34.5 Å². The van der Waals surface area contributed by atoms with Gasteiger partial charge in [0.05, 0.1) is 41.6 Å². The van der Waals surface area contributed by atoms with Gasteiger partial charge in [-0.15, -0.1) is 0 Å². The third-order valence-electron chi connectivity index (χ3n) is 6.30. The van der Waals surface area contributed by atoms with Crippen molar-refractivity contribution in [3.8, 4) is 0 Å². The first-order valence-corrected chi connectivity index (χ1v) is 12.1. The van der Waals surface area contributed by atoms with Crippen LogP contribution >= 0.6 is 0 Å². The van der Waals surface area contributed by atoms with Gasteiger partial charge in [0.2, 0.25) is 0 Å². The molecule has 2 aromatic carbocycles. The summed E-state index contributed by atoms with van der Waals surface area (Å²) in [6, 6.07) is 1.04. The van der Waals surface area contributed by atoms with Crippen LogP contribution in [0.15, 0.2) is 36.4 Å². The lowest BCUT2D eigenvalue weighted by molar-refractivity contribution is -0.143. The average molecular weight is 600 g/mol. The minimum Gasteiger partial charge on any atom is -0.453 e. The van der Waals surface area contributed by atoms with Crippen molar-refractivity contribution in [3.63, 3.8) is 0 Å². The van der Waals surface area contributed by atoms with Crippen molar-refractivity contribution in [2.45, 2.75) is 70.5 Å². The zero-order valence-electron chi connectivity index (χ0n) is 22.0. The maximum atomic E-state index is 13.6. The first kappa shape index (κ1) is 31.9. The first-order valence-electron chi connectivity index (χ1n) is 12.1. The Kier molecular flexibility index (Phi) is 8.80. The number of nitrogens with zero attached hydrogens (tertiary/aromatic N) is 2. The minimum absolute atomic E-state index is 0.0229. The molecule has 0 saturated heterocycles. The second-order valence-corrected chi connectivity index (χ2v) is 9.69. The number of rotatable bonds is 4. The van der Waals surface area contributed by atoms with Gasteiger partial charge in [-0.1, -0.05) is 6.07 Å². The summed E-state index contributed by atoms with van der Waals surface area (Å²) in [6.07, 6.45) is -18.1. The Morgan fingerprint density at radius 1 is 0.902 bits per heavy atom. The Morgan fingerprint density at radius 3 is 1.90 bits per heavy atom. The van der Waals surface area contributed by atoms with Gasteiger partial charge < -0.3 is 9.47 Å². The molecule has 0 fully saturated rings. The highest BCUT2D eigenvalue weighted by atomic mass is 19.4. The molecular formula is C26H25F9N2O4. The molecule has 0 radical (unpaired) electrons. The Morgan fingerprint density at radius 2 is 1.44 bits per heavy atom. The van der Waals surface area contributed by atoms with Crippen LogP contribution in [0.1, 0.15) is 61.1 Å². The van der Waals surface area contributed by atoms with E-state index < -0.39 is 77.7 Å². The average Bonchev–Trinajstić information content (AvgIpc) is 2.83. The molecule has 15 heteroatoms. The summed E-state index contributed by atoms with van der Waals surface area (Å²) in [5.74, 6) is 0. The van der Waals surface area contributed by atoms with Crippen molar-refractivity contribution in [3.05, 3.63) is 64.2 Å². The zero-order chi connectivity index (χ0) is 31.1. The molecule has 2 atom stereocenters. The van der Waals surface area contributed by atoms with Crippen LogP contribution in [0.5, 0.6) is 0 Å². The second kappa shape index (κ2) is 11.3. The van der Waals surface area contributed by atoms with Crippen LogP contribution in [0.25, 0.3) is 0 Å². The maximum Gasteiger partial charge on any atom is 0.416 e. The van der Waals surface area contributed by atoms with Gasteiger partial charge in [0, 0.05) is 12.6 Å². The van der Waals surface area contributed by atoms with Gasteiger partial charge in [-0.3, -0.25) is 9.80 Å². The smallest absolute Gasteiger partial charge is 0.416 e. The van der Waals surface area contributed by atoms with Crippen molar-refractivity contribution in [1.82, 2.24) is 4.90 Å². The molecule has 1 heterocycles. The molecule has 0 spiro atoms. The lowest BCUT2D eigenvalue weighted by atomic mass is 9.89. The molecule has 0 aromatic heterocycles. The van der Waals surface area contributed by atoms with Gasteiger partial charge in [-0.2, -0.15) is 39.5 Å². The highest BCUT2D eigenvalue weighted by Crippen LogP contribution is 2.45. The molecule has 0 saturated carbocycles. The fourth-order valence-corrected chi connectivity index (χ4v) is 4.56. The molecule has 1 aliphatic rings. The monoisotopic (exact) mass is 600 g/mol. The molecule has 3 rings (SSSR count). The summed E-state index contributed by atoms with van der Waals surface area (Å²) in [5, 5.41) is 0. The molecule has 1 aliphatic heterocycles. The standard InChI is InChI=1S/C26H25F9N2O4/c1-13(2)41-23(39)37-14(3)7-20(19-6-5-16(11-21(19)37)24(27,28)29)36(22(38)40-4)12-15-8-17(25(30,31)32)10-18(9-15)26(33,34)35/h5-6,8-11,13-14,20H,7,12H2,1-4H3/t14-,20+/m0/s1. The molecular weight excluding hydrogens is 575 g/mol. The SMILES string of the molecule is COC(=O)N(Cc1cc(C(F)(F)F)cc(C(F)(F)F)c1)[C@@H]1C[C@H](C)N(C(=O)OC(C)C)c2cc(C(F)(F)F)ccc21. The van der Waals surface area contributed by atoms with Crippen molar-refractivity contribution in [2.75, 3.05) is 12.0 Å². The molecule has 0 bridgehead atoms. The Labute approximate surface area is 228 Å². The summed E-state index contributed by atoms with van der Waals surface area (Å²) >= 11 is 0. The van der Waals surface area contributed by atoms with E-state index in [1.807, 2.05) is 0 Å². The van der Waals surface area contributed by atoms with Gasteiger partial charge in [-0.25, -0.2) is 9.59 Å². The van der Waals surface area contributed by atoms with Gasteiger partial charge in [0.15, 0.2) is 0 Å². The second-order valence-electron chi connectivity index (χ2n) is 9.69. The van der Waals surface area contributed by atoms with E-state index >= 15 is 0 Å². The number of anilines is 1. The minimum atomic E-state index is -5.15. The first-order chi connectivity index (χ1) is 18.7. The third-order valence-corrected chi connectivity index (χ3v) is 6.30. The van der Waals surface area contributed by atoms with Crippen molar-refractivity contribution in [2.24, 2.45) is 0 Å². The molecule has 226 valence electrons. The van der Waals surface area contributed by atoms with Crippen LogP contribution in [0.4, 0.5) is 54.8 Å². The van der Waals surface area contributed by atoms with Crippen LogP contribution < -0.4 is 4.90 Å². The van der Waals surface area contributed by atoms with E-state index in [9.17, 15) is 49.1 Å². The van der Waals surface area contributed by atoms with E-state index in [2.05, 4.69) is 0 Å². The number of methoxy groups -OCH3 is 1. The fraction of sp³-hybridized carbons (Fsp3) is 0.462. The number of alkyl halides is 9. The van der Waals surface area contributed by atoms with E-state index in [1.54, 1.807) is 0 Å². The van der Waals surface area contributed by atoms with Crippen LogP contribution in [0.3, 0.4) is 0 Å². The van der Waals surface area contributed by atoms with E-state index in [0.29, 0.717) is 24.3 Å². The van der Waals surface area contributed by atoms with Gasteiger partial charge in [0.1, 0.15) is 0 Å². The van der Waals surface area contributed by atoms with E-state index in [4.69, 9.17) is 9.47 Å². The fourth-order valence-electron chi connectivity index (χ4n) is 4.56. The molecule has 0 N–H and O–H groups in total. The number of amides is 2. The maximum absolute atomic E-state index is 13.6. The summed E-state index contributed by atoms with van der Waals surface area (Å²) in [7, 11) is 0.925. The Balaban J connectivity index is 2.18. The molecule has 2 aromatic rings. The van der Waals surface area contributed by atoms with Crippen LogP contribution in [0, 0.1) is 0 Å². The number of carbonyl (C=O) groups excluding carboxylic acids is 2. The van der Waals surface area contributed by atoms with E-state index in [1.165, 1.54) is 20.8 Å². The number of carbonyl (C=O) groups is 2. The van der Waals surface area contributed by atoms with Gasteiger partial charge in [-0.05, 0) is 68.7 Å². The third kappa shape index (κ3) is 7.17. The predicted molar refractivity (Wildman–Crippen MR) is 127 cm³/mol. The van der Waals surface area contributed by atoms with Crippen molar-refractivity contribution >= 4 is 17.9 Å². The lowest BCUT2D eigenvalue weighted by Crippen LogP contribution is -2.48. The lowest BCUT2D eigenvalue weighted by Gasteiger charge is -2.43. The molecule has 2 amide bonds. The summed E-state index contributed by atoms with van der Waals surface area (Å²) < 4.78 is 131. The molecule has 41 heavy (non-hydrogen) atoms. The zero-order valence-corrected chi connectivity index (χ0v) is 22.0. The number of halogens is 9. The number of benzene rings is 2. The molecule has 0 unspecified atom stereocenters. The Bertz CT molecular complexity index is 1260. The number of fused-ring (bicyclic) bond motifs is 1. The van der Waals surface area contributed by atoms with Crippen molar-refractivity contribution < 1.29 is 58.6 Å². The quantitative estimate of drug-likeness (QED) is 0.332. The summed E-state index contributed by atoms with van der Waals surface area (Å²) in [5.41, 5.74) is -5.22. The Hall–Kier alpha value is -3.65. The summed E-state index contributed by atoms with van der Waals surface area (Å²) in [4.78, 5) is 27.5. The van der Waals surface area contributed by atoms with E-state index in [-0.39, 0.29) is 23.7 Å². The van der Waals surface area contributed by atoms with Crippen LogP contribution in [-0.4, -0.2) is 36.3 Å². The van der Waals surface area contributed by atoms with Gasteiger partial charge in [0.25, 0.3) is 0 Å². The highest BCUT2D eigenvalue weighted by molar-refractivity contribution is 5.90. The molecule has 6 nitrogen and oxygen atoms in total. The largest absolute Gasteiger partial charge is 0.453 e. The van der Waals surface area contributed by atoms with Crippen LogP contribution in [0.2, 0.25) is 0 Å². The van der Waals surface area contributed by atoms with Gasteiger partial charge >= 0.3 is 30.7 Å². The number of ether oxygens (including phenoxy) is 2. The number of hydrogen-bond donors (Lipinski definition) is 0. The predicted octanol–water partition coefficient (Wildman–Crippen LogP) is 8.20. The topological polar surface area (TPSA) is 59.1 Å². The molecule has 0 aliphatic carbocycles. The number of hydrogen-bond acceptors (Lipinski definition) is 4. The van der Waals surface area contributed by atoms with Crippen molar-refractivity contribution in [1.29, 1.82) is 0 Å². The highest BCUT2D eigenvalue weighted by Gasteiger charge is 2.42. The van der Waals surface area contributed by atoms with E-state index in [0.717, 1.165) is 23.0 Å².